The largest absolute Gasteiger partial charge is 0.507 e. The standard InChI is InChI=1S/C24H20N2O5/c1-31-19-12-17(9-10-18(19)27)21-20(22(28)16-7-3-2-4-8-16)23(29)24(30)26(21)14-15-6-5-11-25-13-15/h2-13,21,27-28H,14H2,1H3/t21-/m0/s1. The molecular weight excluding hydrogens is 396 g/mol. The molecule has 2 heterocycles. The summed E-state index contributed by atoms with van der Waals surface area (Å²) in [7, 11) is 1.41. The monoisotopic (exact) mass is 416 g/mol. The number of ether oxygens (including phenoxy) is 1. The number of phenols is 1. The second kappa shape index (κ2) is 8.31. The molecule has 156 valence electrons. The molecule has 1 saturated heterocycles. The minimum Gasteiger partial charge on any atom is -0.507 e. The fourth-order valence-corrected chi connectivity index (χ4v) is 3.69. The first-order valence-electron chi connectivity index (χ1n) is 9.61. The quantitative estimate of drug-likeness (QED) is 0.376. The molecule has 1 aromatic heterocycles. The van der Waals surface area contributed by atoms with E-state index in [0.29, 0.717) is 11.1 Å². The van der Waals surface area contributed by atoms with Gasteiger partial charge in [0.25, 0.3) is 11.7 Å². The molecule has 4 rings (SSSR count). The Morgan fingerprint density at radius 2 is 1.87 bits per heavy atom. The van der Waals surface area contributed by atoms with Crippen molar-refractivity contribution in [3.63, 3.8) is 0 Å². The summed E-state index contributed by atoms with van der Waals surface area (Å²) in [5.41, 5.74) is 1.67. The Kier molecular flexibility index (Phi) is 5.41. The summed E-state index contributed by atoms with van der Waals surface area (Å²) in [6.45, 7) is 0.123. The van der Waals surface area contributed by atoms with E-state index in [-0.39, 0.29) is 29.4 Å². The average molecular weight is 416 g/mol. The van der Waals surface area contributed by atoms with Crippen LogP contribution >= 0.6 is 0 Å². The van der Waals surface area contributed by atoms with E-state index in [1.54, 1.807) is 67.0 Å². The maximum absolute atomic E-state index is 13.0. The van der Waals surface area contributed by atoms with Gasteiger partial charge < -0.3 is 19.8 Å². The van der Waals surface area contributed by atoms with Gasteiger partial charge in [0.1, 0.15) is 5.76 Å². The molecule has 7 nitrogen and oxygen atoms in total. The van der Waals surface area contributed by atoms with Crippen molar-refractivity contribution in [2.75, 3.05) is 7.11 Å². The van der Waals surface area contributed by atoms with E-state index in [1.165, 1.54) is 18.1 Å². The van der Waals surface area contributed by atoms with E-state index >= 15 is 0 Å². The zero-order valence-corrected chi connectivity index (χ0v) is 16.7. The fourth-order valence-electron chi connectivity index (χ4n) is 3.69. The Labute approximate surface area is 178 Å². The number of hydrogen-bond donors (Lipinski definition) is 2. The van der Waals surface area contributed by atoms with Crippen molar-refractivity contribution < 1.29 is 24.5 Å². The Bertz CT molecular complexity index is 1160. The van der Waals surface area contributed by atoms with Crippen LogP contribution in [0.15, 0.2) is 78.6 Å². The lowest BCUT2D eigenvalue weighted by Gasteiger charge is -2.25. The number of aromatic hydroxyl groups is 1. The molecule has 1 amide bonds. The molecule has 7 heteroatoms. The van der Waals surface area contributed by atoms with Crippen LogP contribution in [0.1, 0.15) is 22.7 Å². The summed E-state index contributed by atoms with van der Waals surface area (Å²) in [6.07, 6.45) is 3.24. The lowest BCUT2D eigenvalue weighted by atomic mass is 9.95. The van der Waals surface area contributed by atoms with Crippen molar-refractivity contribution in [1.82, 2.24) is 9.88 Å². The lowest BCUT2D eigenvalue weighted by Crippen LogP contribution is -2.29. The number of aromatic nitrogens is 1. The zero-order valence-electron chi connectivity index (χ0n) is 16.7. The Balaban J connectivity index is 1.89. The number of nitrogens with zero attached hydrogens (tertiary/aromatic N) is 2. The molecule has 0 saturated carbocycles. The first-order valence-corrected chi connectivity index (χ1v) is 9.61. The number of phenolic OH excluding ortho intramolecular Hbond substituents is 1. The van der Waals surface area contributed by atoms with E-state index in [0.717, 1.165) is 5.56 Å². The number of carbonyl (C=O) groups is 2. The summed E-state index contributed by atoms with van der Waals surface area (Å²) in [4.78, 5) is 31.5. The van der Waals surface area contributed by atoms with Gasteiger partial charge in [-0.25, -0.2) is 0 Å². The van der Waals surface area contributed by atoms with Gasteiger partial charge in [-0.2, -0.15) is 0 Å². The maximum Gasteiger partial charge on any atom is 0.295 e. The van der Waals surface area contributed by atoms with Crippen LogP contribution in [0.25, 0.3) is 5.76 Å². The minimum atomic E-state index is -0.866. The molecule has 2 aromatic carbocycles. The normalized spacial score (nSPS) is 17.7. The van der Waals surface area contributed by atoms with Crippen molar-refractivity contribution in [2.24, 2.45) is 0 Å². The van der Waals surface area contributed by atoms with Gasteiger partial charge in [0.15, 0.2) is 11.5 Å². The van der Waals surface area contributed by atoms with Crippen molar-refractivity contribution in [1.29, 1.82) is 0 Å². The first-order chi connectivity index (χ1) is 15.0. The maximum atomic E-state index is 13.0. The third kappa shape index (κ3) is 3.73. The average Bonchev–Trinajstić information content (AvgIpc) is 3.05. The van der Waals surface area contributed by atoms with Gasteiger partial charge >= 0.3 is 0 Å². The molecular formula is C24H20N2O5. The predicted octanol–water partition coefficient (Wildman–Crippen LogP) is 3.42. The molecule has 31 heavy (non-hydrogen) atoms. The molecule has 0 aliphatic carbocycles. The van der Waals surface area contributed by atoms with E-state index in [1.807, 2.05) is 0 Å². The van der Waals surface area contributed by atoms with Gasteiger partial charge in [-0.1, -0.05) is 42.5 Å². The highest BCUT2D eigenvalue weighted by Gasteiger charge is 2.46. The van der Waals surface area contributed by atoms with Gasteiger partial charge in [0.05, 0.1) is 18.7 Å². The number of methoxy groups -OCH3 is 1. The molecule has 1 aliphatic heterocycles. The van der Waals surface area contributed by atoms with E-state index in [2.05, 4.69) is 4.98 Å². The second-order valence-corrected chi connectivity index (χ2v) is 7.09. The van der Waals surface area contributed by atoms with Gasteiger partial charge in [0.2, 0.25) is 0 Å². The Morgan fingerprint density at radius 3 is 2.55 bits per heavy atom. The van der Waals surface area contributed by atoms with Crippen molar-refractivity contribution in [3.8, 4) is 11.5 Å². The number of Topliss-reactive ketones (excluding diaryl/α,β-unsaturated/α-hetero) is 1. The van der Waals surface area contributed by atoms with Crippen LogP contribution in [0.4, 0.5) is 0 Å². The number of aliphatic hydroxyl groups is 1. The van der Waals surface area contributed by atoms with Crippen LogP contribution in [0.3, 0.4) is 0 Å². The number of ketones is 1. The fraction of sp³-hybridized carbons (Fsp3) is 0.125. The molecule has 0 unspecified atom stereocenters. The van der Waals surface area contributed by atoms with Crippen LogP contribution in [0, 0.1) is 0 Å². The molecule has 0 radical (unpaired) electrons. The molecule has 2 N–H and O–H groups in total. The van der Waals surface area contributed by atoms with Gasteiger partial charge in [0, 0.05) is 24.5 Å². The third-order valence-electron chi connectivity index (χ3n) is 5.18. The van der Waals surface area contributed by atoms with Crippen LogP contribution in [0.2, 0.25) is 0 Å². The number of amides is 1. The summed E-state index contributed by atoms with van der Waals surface area (Å²) in [6, 6.07) is 15.9. The highest BCUT2D eigenvalue weighted by Crippen LogP contribution is 2.42. The third-order valence-corrected chi connectivity index (χ3v) is 5.18. The number of benzene rings is 2. The minimum absolute atomic E-state index is 0.0205. The topological polar surface area (TPSA) is 100.0 Å². The molecule has 1 aliphatic rings. The number of hydrogen-bond acceptors (Lipinski definition) is 6. The second-order valence-electron chi connectivity index (χ2n) is 7.09. The van der Waals surface area contributed by atoms with Crippen molar-refractivity contribution >= 4 is 17.4 Å². The van der Waals surface area contributed by atoms with Crippen molar-refractivity contribution in [2.45, 2.75) is 12.6 Å². The first kappa shape index (κ1) is 20.2. The van der Waals surface area contributed by atoms with Gasteiger partial charge in [-0.15, -0.1) is 0 Å². The van der Waals surface area contributed by atoms with E-state index in [9.17, 15) is 19.8 Å². The summed E-state index contributed by atoms with van der Waals surface area (Å²) < 4.78 is 5.21. The molecule has 0 spiro atoms. The lowest BCUT2D eigenvalue weighted by molar-refractivity contribution is -0.140. The summed E-state index contributed by atoms with van der Waals surface area (Å²) in [5, 5.41) is 21.0. The van der Waals surface area contributed by atoms with Crippen LogP contribution < -0.4 is 4.74 Å². The molecule has 1 fully saturated rings. The summed E-state index contributed by atoms with van der Waals surface area (Å²) >= 11 is 0. The van der Waals surface area contributed by atoms with Crippen LogP contribution in [-0.2, 0) is 16.1 Å². The summed E-state index contributed by atoms with van der Waals surface area (Å²) in [5.74, 6) is -1.63. The number of likely N-dealkylation sites (tertiary alicyclic amines) is 1. The van der Waals surface area contributed by atoms with Crippen molar-refractivity contribution in [3.05, 3.63) is 95.3 Å². The SMILES string of the molecule is COc1cc([C@H]2C(=C(O)c3ccccc3)C(=O)C(=O)N2Cc2cccnc2)ccc1O. The predicted molar refractivity (Wildman–Crippen MR) is 113 cm³/mol. The number of aliphatic hydroxyl groups excluding tert-OH is 1. The zero-order chi connectivity index (χ0) is 22.0. The highest BCUT2D eigenvalue weighted by molar-refractivity contribution is 6.46. The Hall–Kier alpha value is -4.13. The highest BCUT2D eigenvalue weighted by atomic mass is 16.5. The van der Waals surface area contributed by atoms with Crippen LogP contribution in [-0.4, -0.2) is 38.9 Å². The van der Waals surface area contributed by atoms with Gasteiger partial charge in [-0.05, 0) is 29.3 Å². The Morgan fingerprint density at radius 1 is 1.10 bits per heavy atom. The smallest absolute Gasteiger partial charge is 0.295 e. The number of pyridine rings is 1. The number of carbonyl (C=O) groups excluding carboxylic acids is 2. The van der Waals surface area contributed by atoms with E-state index in [4.69, 9.17) is 4.74 Å². The number of rotatable bonds is 5. The van der Waals surface area contributed by atoms with Crippen LogP contribution in [0.5, 0.6) is 11.5 Å². The molecule has 0 bridgehead atoms. The molecule has 3 aromatic rings. The van der Waals surface area contributed by atoms with Gasteiger partial charge in [-0.3, -0.25) is 14.6 Å². The van der Waals surface area contributed by atoms with E-state index < -0.39 is 17.7 Å². The molecule has 1 atom stereocenters.